The molecule has 0 saturated heterocycles. The van der Waals surface area contributed by atoms with E-state index in [2.05, 4.69) is 25.9 Å². The molecule has 34 heavy (non-hydrogen) atoms. The molecule has 176 valence electrons. The predicted octanol–water partition coefficient (Wildman–Crippen LogP) is 3.19. The van der Waals surface area contributed by atoms with Crippen molar-refractivity contribution in [2.24, 2.45) is 0 Å². The van der Waals surface area contributed by atoms with Crippen molar-refractivity contribution in [2.45, 2.75) is 13.5 Å². The van der Waals surface area contributed by atoms with Crippen molar-refractivity contribution >= 4 is 23.2 Å². The number of nitrogens with two attached hydrogens (primary N) is 1. The van der Waals surface area contributed by atoms with Gasteiger partial charge in [0.2, 0.25) is 11.7 Å². The summed E-state index contributed by atoms with van der Waals surface area (Å²) in [5.41, 5.74) is 9.20. The number of nitrogen functional groups attached to an aromatic ring is 1. The molecule has 0 radical (unpaired) electrons. The number of anilines is 3. The van der Waals surface area contributed by atoms with Gasteiger partial charge in [-0.05, 0) is 6.92 Å². The number of benzene rings is 2. The van der Waals surface area contributed by atoms with Crippen molar-refractivity contribution in [3.05, 3.63) is 48.0 Å². The van der Waals surface area contributed by atoms with Gasteiger partial charge in [0.1, 0.15) is 29.4 Å². The Morgan fingerprint density at radius 2 is 1.79 bits per heavy atom. The normalized spacial score (nSPS) is 10.7. The summed E-state index contributed by atoms with van der Waals surface area (Å²) in [4.78, 5) is 17.2. The molecular formula is C23H25N7O4. The molecule has 1 amide bonds. The third-order valence-corrected chi connectivity index (χ3v) is 5.11. The van der Waals surface area contributed by atoms with Crippen LogP contribution in [-0.4, -0.2) is 47.1 Å². The minimum absolute atomic E-state index is 0.140. The number of aryl methyl sites for hydroxylation is 1. The maximum atomic E-state index is 12.7. The minimum Gasteiger partial charge on any atom is -0.497 e. The van der Waals surface area contributed by atoms with Gasteiger partial charge in [-0.1, -0.05) is 35.0 Å². The fourth-order valence-corrected chi connectivity index (χ4v) is 3.34. The molecule has 2 aromatic heterocycles. The van der Waals surface area contributed by atoms with Gasteiger partial charge < -0.3 is 30.4 Å². The van der Waals surface area contributed by atoms with Crippen LogP contribution in [0.2, 0.25) is 0 Å². The van der Waals surface area contributed by atoms with Crippen molar-refractivity contribution in [1.29, 1.82) is 0 Å². The number of rotatable bonds is 8. The second-order valence-corrected chi connectivity index (χ2v) is 7.46. The first-order chi connectivity index (χ1) is 16.4. The number of amides is 1. The molecule has 2 heterocycles. The highest BCUT2D eigenvalue weighted by Crippen LogP contribution is 2.33. The van der Waals surface area contributed by atoms with Crippen LogP contribution in [0.5, 0.6) is 11.5 Å². The Labute approximate surface area is 195 Å². The van der Waals surface area contributed by atoms with Gasteiger partial charge in [-0.25, -0.2) is 4.68 Å². The van der Waals surface area contributed by atoms with Gasteiger partial charge in [0, 0.05) is 36.5 Å². The molecule has 0 atom stereocenters. The largest absolute Gasteiger partial charge is 0.497 e. The topological polar surface area (TPSA) is 142 Å². The lowest BCUT2D eigenvalue weighted by Gasteiger charge is -2.10. The number of nitrogens with one attached hydrogen (secondary N) is 2. The van der Waals surface area contributed by atoms with Crippen LogP contribution in [0, 0.1) is 6.92 Å². The van der Waals surface area contributed by atoms with Crippen LogP contribution in [0.1, 0.15) is 5.56 Å². The highest BCUT2D eigenvalue weighted by atomic mass is 16.5. The molecule has 0 bridgehead atoms. The average Bonchev–Trinajstić information content (AvgIpc) is 3.43. The van der Waals surface area contributed by atoms with E-state index >= 15 is 0 Å². The molecule has 4 aromatic rings. The Bertz CT molecular complexity index is 1290. The summed E-state index contributed by atoms with van der Waals surface area (Å²) >= 11 is 0. The molecular weight excluding hydrogens is 438 g/mol. The first kappa shape index (κ1) is 22.6. The Balaban J connectivity index is 1.57. The van der Waals surface area contributed by atoms with Crippen molar-refractivity contribution in [3.8, 4) is 34.3 Å². The lowest BCUT2D eigenvalue weighted by atomic mass is 10.1. The van der Waals surface area contributed by atoms with Gasteiger partial charge >= 0.3 is 0 Å². The molecule has 0 aliphatic heterocycles. The summed E-state index contributed by atoms with van der Waals surface area (Å²) in [6, 6.07) is 12.8. The molecule has 0 aliphatic rings. The molecule has 0 unspecified atom stereocenters. The summed E-state index contributed by atoms with van der Waals surface area (Å²) in [5, 5.41) is 14.2. The highest BCUT2D eigenvalue weighted by Gasteiger charge is 2.23. The molecule has 2 aromatic carbocycles. The summed E-state index contributed by atoms with van der Waals surface area (Å²) < 4.78 is 17.3. The van der Waals surface area contributed by atoms with Crippen molar-refractivity contribution in [1.82, 2.24) is 19.9 Å². The first-order valence-electron chi connectivity index (χ1n) is 10.4. The van der Waals surface area contributed by atoms with Gasteiger partial charge in [-0.3, -0.25) is 4.79 Å². The monoisotopic (exact) mass is 463 g/mol. The predicted molar refractivity (Wildman–Crippen MR) is 128 cm³/mol. The number of aromatic nitrogens is 4. The van der Waals surface area contributed by atoms with Gasteiger partial charge in [-0.15, -0.1) is 0 Å². The smallest absolute Gasteiger partial charge is 0.265 e. The van der Waals surface area contributed by atoms with Crippen molar-refractivity contribution in [3.63, 3.8) is 0 Å². The number of carbonyl (C=O) groups is 1. The number of nitrogens with zero attached hydrogens (tertiary/aromatic N) is 4. The third-order valence-electron chi connectivity index (χ3n) is 5.11. The third kappa shape index (κ3) is 4.63. The lowest BCUT2D eigenvalue weighted by Crippen LogP contribution is -2.20. The summed E-state index contributed by atoms with van der Waals surface area (Å²) in [7, 11) is 4.76. The van der Waals surface area contributed by atoms with Crippen LogP contribution in [0.25, 0.3) is 22.8 Å². The quantitative estimate of drug-likeness (QED) is 0.359. The zero-order chi connectivity index (χ0) is 24.2. The van der Waals surface area contributed by atoms with E-state index < -0.39 is 0 Å². The Morgan fingerprint density at radius 3 is 2.41 bits per heavy atom. The first-order valence-corrected chi connectivity index (χ1v) is 10.4. The molecule has 0 fully saturated rings. The van der Waals surface area contributed by atoms with E-state index in [1.54, 1.807) is 25.2 Å². The highest BCUT2D eigenvalue weighted by molar-refractivity contribution is 5.92. The van der Waals surface area contributed by atoms with Crippen LogP contribution in [0.3, 0.4) is 0 Å². The van der Waals surface area contributed by atoms with E-state index in [0.29, 0.717) is 34.4 Å². The van der Waals surface area contributed by atoms with E-state index in [1.807, 2.05) is 31.2 Å². The van der Waals surface area contributed by atoms with Crippen LogP contribution < -0.4 is 25.8 Å². The Kier molecular flexibility index (Phi) is 6.35. The van der Waals surface area contributed by atoms with E-state index in [1.165, 1.54) is 18.9 Å². The van der Waals surface area contributed by atoms with E-state index in [-0.39, 0.29) is 24.2 Å². The fraction of sp³-hybridized carbons (Fsp3) is 0.217. The number of ether oxygens (including phenoxy) is 2. The van der Waals surface area contributed by atoms with Crippen LogP contribution >= 0.6 is 0 Å². The summed E-state index contributed by atoms with van der Waals surface area (Å²) in [5.74, 6) is 2.00. The SMILES string of the molecule is CNc1nn(CC(=O)Nc2cc(OC)cc(OC)c2)c(N)c1-c1nc(-c2ccc(C)cc2)no1. The van der Waals surface area contributed by atoms with E-state index in [0.717, 1.165) is 11.1 Å². The van der Waals surface area contributed by atoms with E-state index in [9.17, 15) is 4.79 Å². The maximum Gasteiger partial charge on any atom is 0.265 e. The lowest BCUT2D eigenvalue weighted by molar-refractivity contribution is -0.116. The van der Waals surface area contributed by atoms with Crippen molar-refractivity contribution < 1.29 is 18.8 Å². The zero-order valence-corrected chi connectivity index (χ0v) is 19.2. The van der Waals surface area contributed by atoms with Gasteiger partial charge in [0.25, 0.3) is 5.89 Å². The average molecular weight is 463 g/mol. The minimum atomic E-state index is -0.343. The van der Waals surface area contributed by atoms with Crippen LogP contribution in [0.15, 0.2) is 47.0 Å². The standard InChI is InChI=1S/C23H25N7O4/c1-13-5-7-14(8-6-13)21-27-23(34-29-21)19-20(24)30(28-22(19)25-2)12-18(31)26-15-9-16(32-3)11-17(10-15)33-4/h5-11H,12,24H2,1-4H3,(H,25,28)(H,26,31). The second-order valence-electron chi connectivity index (χ2n) is 7.46. The van der Waals surface area contributed by atoms with Crippen LogP contribution in [0.4, 0.5) is 17.3 Å². The summed E-state index contributed by atoms with van der Waals surface area (Å²) in [6.07, 6.45) is 0. The van der Waals surface area contributed by atoms with Crippen LogP contribution in [-0.2, 0) is 11.3 Å². The zero-order valence-electron chi connectivity index (χ0n) is 19.2. The molecule has 0 aliphatic carbocycles. The molecule has 4 rings (SSSR count). The van der Waals surface area contributed by atoms with Crippen molar-refractivity contribution in [2.75, 3.05) is 37.6 Å². The Hall–Kier alpha value is -4.54. The number of methoxy groups -OCH3 is 2. The van der Waals surface area contributed by atoms with Gasteiger partial charge in [0.05, 0.1) is 14.2 Å². The molecule has 4 N–H and O–H groups in total. The van der Waals surface area contributed by atoms with Gasteiger partial charge in [0.15, 0.2) is 5.82 Å². The number of carbonyl (C=O) groups excluding carboxylic acids is 1. The molecule has 0 spiro atoms. The number of hydrogen-bond donors (Lipinski definition) is 3. The summed E-state index contributed by atoms with van der Waals surface area (Å²) in [6.45, 7) is 1.86. The maximum absolute atomic E-state index is 12.7. The van der Waals surface area contributed by atoms with Gasteiger partial charge in [-0.2, -0.15) is 10.1 Å². The molecule has 11 heteroatoms. The Morgan fingerprint density at radius 1 is 1.12 bits per heavy atom. The van der Waals surface area contributed by atoms with E-state index in [4.69, 9.17) is 19.7 Å². The fourth-order valence-electron chi connectivity index (χ4n) is 3.34. The molecule has 11 nitrogen and oxygen atoms in total. The molecule has 0 saturated carbocycles. The number of hydrogen-bond acceptors (Lipinski definition) is 9. The second kappa shape index (κ2) is 9.53.